The van der Waals surface area contributed by atoms with Gasteiger partial charge in [0.05, 0.1) is 5.56 Å². The fourth-order valence-corrected chi connectivity index (χ4v) is 2.95. The highest BCUT2D eigenvalue weighted by atomic mass is 127. The highest BCUT2D eigenvalue weighted by Gasteiger charge is 2.29. The van der Waals surface area contributed by atoms with Gasteiger partial charge in [-0.05, 0) is 51.9 Å². The maximum Gasteiger partial charge on any atom is 0.295 e. The van der Waals surface area contributed by atoms with Crippen LogP contribution in [0.2, 0.25) is 0 Å². The first-order valence-corrected chi connectivity index (χ1v) is 7.59. The van der Waals surface area contributed by atoms with E-state index in [9.17, 15) is 9.59 Å². The second-order valence-corrected chi connectivity index (χ2v) is 6.24. The molecule has 1 heterocycles. The molecule has 1 amide bonds. The molecule has 21 heavy (non-hydrogen) atoms. The van der Waals surface area contributed by atoms with Crippen LogP contribution in [0.15, 0.2) is 42.5 Å². The number of halogens is 1. The lowest BCUT2D eigenvalue weighted by Gasteiger charge is -2.15. The van der Waals surface area contributed by atoms with E-state index in [1.807, 2.05) is 30.3 Å². The van der Waals surface area contributed by atoms with Crippen molar-refractivity contribution in [3.05, 3.63) is 62.7 Å². The van der Waals surface area contributed by atoms with Gasteiger partial charge in [0.2, 0.25) is 0 Å². The summed E-state index contributed by atoms with van der Waals surface area (Å²) in [5.41, 5.74) is 8.62. The van der Waals surface area contributed by atoms with E-state index in [4.69, 9.17) is 5.73 Å². The zero-order chi connectivity index (χ0) is 15.0. The SMILES string of the molecule is Nc1ccc(I)cc1C(=O)C(=O)N1Cc2ccccc2C1. The third kappa shape index (κ3) is 2.65. The Morgan fingerprint density at radius 1 is 1.05 bits per heavy atom. The van der Waals surface area contributed by atoms with E-state index in [-0.39, 0.29) is 5.56 Å². The molecule has 0 radical (unpaired) electrons. The predicted octanol–water partition coefficient (Wildman–Crippen LogP) is 2.60. The molecule has 1 aliphatic rings. The summed E-state index contributed by atoms with van der Waals surface area (Å²) >= 11 is 2.09. The van der Waals surface area contributed by atoms with Crippen LogP contribution in [0, 0.1) is 3.57 Å². The minimum absolute atomic E-state index is 0.280. The van der Waals surface area contributed by atoms with Crippen LogP contribution < -0.4 is 5.73 Å². The van der Waals surface area contributed by atoms with Crippen LogP contribution in [-0.2, 0) is 17.9 Å². The van der Waals surface area contributed by atoms with Gasteiger partial charge >= 0.3 is 0 Å². The first-order chi connectivity index (χ1) is 10.1. The molecule has 2 aromatic carbocycles. The fourth-order valence-electron chi connectivity index (χ4n) is 2.46. The van der Waals surface area contributed by atoms with E-state index in [0.29, 0.717) is 18.8 Å². The van der Waals surface area contributed by atoms with Crippen LogP contribution in [0.4, 0.5) is 5.69 Å². The van der Waals surface area contributed by atoms with Gasteiger partial charge in [-0.25, -0.2) is 0 Å². The molecule has 2 N–H and O–H groups in total. The van der Waals surface area contributed by atoms with Crippen LogP contribution in [0.5, 0.6) is 0 Å². The van der Waals surface area contributed by atoms with Crippen molar-refractivity contribution in [3.63, 3.8) is 0 Å². The number of anilines is 1. The standard InChI is InChI=1S/C16H13IN2O2/c17-12-5-6-14(18)13(7-12)15(20)16(21)19-8-10-3-1-2-4-11(10)9-19/h1-7H,8-9,18H2. The Kier molecular flexibility index (Phi) is 3.67. The summed E-state index contributed by atoms with van der Waals surface area (Å²) in [5.74, 6) is -1.04. The Labute approximate surface area is 136 Å². The fraction of sp³-hybridized carbons (Fsp3) is 0.125. The minimum Gasteiger partial charge on any atom is -0.398 e. The molecule has 0 fully saturated rings. The van der Waals surface area contributed by atoms with E-state index in [0.717, 1.165) is 14.7 Å². The molecule has 106 valence electrons. The zero-order valence-corrected chi connectivity index (χ0v) is 13.3. The number of nitrogens with zero attached hydrogens (tertiary/aromatic N) is 1. The van der Waals surface area contributed by atoms with Crippen LogP contribution in [0.1, 0.15) is 21.5 Å². The molecule has 0 aromatic heterocycles. The lowest BCUT2D eigenvalue weighted by Crippen LogP contribution is -2.32. The molecule has 3 rings (SSSR count). The first kappa shape index (κ1) is 14.1. The zero-order valence-electron chi connectivity index (χ0n) is 11.2. The van der Waals surface area contributed by atoms with Crippen LogP contribution in [0.25, 0.3) is 0 Å². The number of Topliss-reactive ketones (excluding diaryl/α,β-unsaturated/α-hetero) is 1. The molecular formula is C16H13IN2O2. The highest BCUT2D eigenvalue weighted by Crippen LogP contribution is 2.24. The van der Waals surface area contributed by atoms with Crippen molar-refractivity contribution in [3.8, 4) is 0 Å². The summed E-state index contributed by atoms with van der Waals surface area (Å²) in [6.45, 7) is 0.954. The molecule has 0 saturated heterocycles. The Morgan fingerprint density at radius 3 is 2.29 bits per heavy atom. The van der Waals surface area contributed by atoms with E-state index in [1.54, 1.807) is 17.0 Å². The van der Waals surface area contributed by atoms with E-state index in [1.165, 1.54) is 0 Å². The summed E-state index contributed by atoms with van der Waals surface area (Å²) in [4.78, 5) is 26.3. The largest absolute Gasteiger partial charge is 0.398 e. The summed E-state index contributed by atoms with van der Waals surface area (Å²) in [6, 6.07) is 12.9. The van der Waals surface area contributed by atoms with Gasteiger partial charge in [0, 0.05) is 22.3 Å². The smallest absolute Gasteiger partial charge is 0.295 e. The van der Waals surface area contributed by atoms with E-state index >= 15 is 0 Å². The number of hydrogen-bond acceptors (Lipinski definition) is 3. The summed E-state index contributed by atoms with van der Waals surface area (Å²) in [7, 11) is 0. The third-order valence-electron chi connectivity index (χ3n) is 3.58. The number of carbonyl (C=O) groups is 2. The number of amides is 1. The highest BCUT2D eigenvalue weighted by molar-refractivity contribution is 14.1. The Balaban J connectivity index is 1.84. The van der Waals surface area contributed by atoms with Gasteiger partial charge in [-0.15, -0.1) is 0 Å². The maximum atomic E-state index is 12.4. The van der Waals surface area contributed by atoms with Crippen LogP contribution in [0.3, 0.4) is 0 Å². The van der Waals surface area contributed by atoms with E-state index in [2.05, 4.69) is 22.6 Å². The molecule has 0 aliphatic carbocycles. The summed E-state index contributed by atoms with van der Waals surface area (Å²) < 4.78 is 0.877. The van der Waals surface area contributed by atoms with Gasteiger partial charge in [-0.2, -0.15) is 0 Å². The quantitative estimate of drug-likeness (QED) is 0.370. The second-order valence-electron chi connectivity index (χ2n) is 4.99. The van der Waals surface area contributed by atoms with Crippen LogP contribution >= 0.6 is 22.6 Å². The molecule has 4 nitrogen and oxygen atoms in total. The molecule has 5 heteroatoms. The van der Waals surface area contributed by atoms with E-state index < -0.39 is 11.7 Å². The Morgan fingerprint density at radius 2 is 1.67 bits per heavy atom. The lowest BCUT2D eigenvalue weighted by atomic mass is 10.1. The second kappa shape index (κ2) is 5.48. The molecule has 0 bridgehead atoms. The van der Waals surface area contributed by atoms with Gasteiger partial charge in [-0.1, -0.05) is 24.3 Å². The van der Waals surface area contributed by atoms with Gasteiger partial charge in [-0.3, -0.25) is 9.59 Å². The number of benzene rings is 2. The van der Waals surface area contributed by atoms with Crippen molar-refractivity contribution < 1.29 is 9.59 Å². The molecule has 0 spiro atoms. The normalized spacial score (nSPS) is 13.1. The predicted molar refractivity (Wildman–Crippen MR) is 88.6 cm³/mol. The topological polar surface area (TPSA) is 63.4 Å². The monoisotopic (exact) mass is 392 g/mol. The number of nitrogen functional groups attached to an aromatic ring is 1. The molecular weight excluding hydrogens is 379 g/mol. The average molecular weight is 392 g/mol. The first-order valence-electron chi connectivity index (χ1n) is 6.51. The minimum atomic E-state index is -0.543. The number of fused-ring (bicyclic) bond motifs is 1. The van der Waals surface area contributed by atoms with Gasteiger partial charge in [0.15, 0.2) is 0 Å². The van der Waals surface area contributed by atoms with Crippen molar-refractivity contribution >= 4 is 40.0 Å². The molecule has 1 aliphatic heterocycles. The van der Waals surface area contributed by atoms with Crippen molar-refractivity contribution in [2.75, 3.05) is 5.73 Å². The summed E-state index contributed by atoms with van der Waals surface area (Å²) in [5, 5.41) is 0. The third-order valence-corrected chi connectivity index (χ3v) is 4.25. The molecule has 0 atom stereocenters. The van der Waals surface area contributed by atoms with Crippen molar-refractivity contribution in [2.24, 2.45) is 0 Å². The van der Waals surface area contributed by atoms with Gasteiger partial charge in [0.25, 0.3) is 11.7 Å². The number of carbonyl (C=O) groups excluding carboxylic acids is 2. The Bertz CT molecular complexity index is 718. The average Bonchev–Trinajstić information content (AvgIpc) is 2.92. The molecule has 0 unspecified atom stereocenters. The lowest BCUT2D eigenvalue weighted by molar-refractivity contribution is -0.127. The van der Waals surface area contributed by atoms with Crippen molar-refractivity contribution in [1.82, 2.24) is 4.90 Å². The number of rotatable bonds is 2. The maximum absolute atomic E-state index is 12.4. The van der Waals surface area contributed by atoms with Gasteiger partial charge in [0.1, 0.15) is 0 Å². The van der Waals surface area contributed by atoms with Crippen molar-refractivity contribution in [2.45, 2.75) is 13.1 Å². The van der Waals surface area contributed by atoms with Crippen molar-refractivity contribution in [1.29, 1.82) is 0 Å². The van der Waals surface area contributed by atoms with Crippen LogP contribution in [-0.4, -0.2) is 16.6 Å². The number of ketones is 1. The van der Waals surface area contributed by atoms with Gasteiger partial charge < -0.3 is 10.6 Å². The molecule has 2 aromatic rings. The number of hydrogen-bond donors (Lipinski definition) is 1. The number of nitrogens with two attached hydrogens (primary N) is 1. The Hall–Kier alpha value is -1.89. The summed E-state index contributed by atoms with van der Waals surface area (Å²) in [6.07, 6.45) is 0. The molecule has 0 saturated carbocycles.